The number of hydrogen-bond donors (Lipinski definition) is 1. The molecule has 0 amide bonds. The quantitative estimate of drug-likeness (QED) is 0.374. The molecule has 0 aromatic heterocycles. The second-order valence-corrected chi connectivity index (χ2v) is 1.77. The third-order valence-corrected chi connectivity index (χ3v) is 0.883. The molecule has 0 rings (SSSR count). The van der Waals surface area contributed by atoms with Crippen LogP contribution in [0.15, 0.2) is 16.8 Å². The van der Waals surface area contributed by atoms with Crippen LogP contribution in [0.1, 0.15) is 6.42 Å². The van der Waals surface area contributed by atoms with E-state index in [1.165, 1.54) is 5.54 Å². The Morgan fingerprint density at radius 2 is 2.40 bits per heavy atom. The summed E-state index contributed by atoms with van der Waals surface area (Å²) in [6.07, 6.45) is 4.02. The van der Waals surface area contributed by atoms with Crippen molar-refractivity contribution >= 4 is 17.8 Å². The minimum absolute atomic E-state index is 0.407. The predicted octanol–water partition coefficient (Wildman–Crippen LogP) is 1.09. The van der Waals surface area contributed by atoms with E-state index in [0.717, 1.165) is 6.42 Å². The molecule has 58 valence electrons. The highest BCUT2D eigenvalue weighted by atomic mass is 35.5. The van der Waals surface area contributed by atoms with Crippen molar-refractivity contribution in [1.29, 1.82) is 0 Å². The van der Waals surface area contributed by atoms with Gasteiger partial charge < -0.3 is 10.6 Å². The Kier molecular flexibility index (Phi) is 8.00. The van der Waals surface area contributed by atoms with Crippen LogP contribution in [0.4, 0.5) is 0 Å². The van der Waals surface area contributed by atoms with Gasteiger partial charge >= 0.3 is 0 Å². The van der Waals surface area contributed by atoms with Crippen molar-refractivity contribution in [3.05, 3.63) is 11.6 Å². The summed E-state index contributed by atoms with van der Waals surface area (Å²) in [7, 11) is 0. The maximum absolute atomic E-state index is 5.21. The molecule has 2 N–H and O–H groups in total. The highest BCUT2D eigenvalue weighted by molar-refractivity contribution is 6.25. The van der Waals surface area contributed by atoms with Gasteiger partial charge in [-0.25, -0.2) is 0 Å². The largest absolute Gasteiger partial charge is 0.392 e. The zero-order valence-corrected chi connectivity index (χ0v) is 6.42. The Hall–Kier alpha value is -0.540. The molecular formula is C6H11ClN2O. The van der Waals surface area contributed by atoms with Gasteiger partial charge in [-0.2, -0.15) is 0 Å². The number of nitrogens with two attached hydrogens (primary N) is 1. The lowest BCUT2D eigenvalue weighted by molar-refractivity contribution is 0.176. The fourth-order valence-electron chi connectivity index (χ4n) is 0.302. The van der Waals surface area contributed by atoms with Crippen LogP contribution in [0, 0.1) is 0 Å². The molecule has 0 spiro atoms. The summed E-state index contributed by atoms with van der Waals surface area (Å²) in [6.45, 7) is 1.00. The van der Waals surface area contributed by atoms with Crippen LogP contribution >= 0.6 is 11.6 Å². The van der Waals surface area contributed by atoms with Gasteiger partial charge in [0.15, 0.2) is 0 Å². The molecule has 0 heterocycles. The summed E-state index contributed by atoms with van der Waals surface area (Å²) >= 11 is 5.21. The first-order valence-corrected chi connectivity index (χ1v) is 3.44. The number of rotatable bonds is 5. The summed E-state index contributed by atoms with van der Waals surface area (Å²) in [6, 6.07) is 0. The molecule has 0 radical (unpaired) electrons. The molecule has 0 unspecified atom stereocenters. The Balaban J connectivity index is 3.02. The van der Waals surface area contributed by atoms with Crippen LogP contribution in [0.25, 0.3) is 0 Å². The van der Waals surface area contributed by atoms with Gasteiger partial charge in [-0.1, -0.05) is 16.8 Å². The van der Waals surface area contributed by atoms with E-state index >= 15 is 0 Å². The normalized spacial score (nSPS) is 11.4. The molecule has 0 saturated heterocycles. The van der Waals surface area contributed by atoms with Crippen molar-refractivity contribution in [2.24, 2.45) is 10.9 Å². The van der Waals surface area contributed by atoms with Crippen LogP contribution in [0.5, 0.6) is 0 Å². The lowest BCUT2D eigenvalue weighted by Crippen LogP contribution is -1.98. The van der Waals surface area contributed by atoms with Crippen LogP contribution < -0.4 is 5.73 Å². The third kappa shape index (κ3) is 7.46. The summed E-state index contributed by atoms with van der Waals surface area (Å²) in [5, 5.41) is 3.58. The van der Waals surface area contributed by atoms with E-state index in [0.29, 0.717) is 13.2 Å². The van der Waals surface area contributed by atoms with Crippen molar-refractivity contribution in [2.45, 2.75) is 6.42 Å². The summed E-state index contributed by atoms with van der Waals surface area (Å²) < 4.78 is 0. The minimum Gasteiger partial charge on any atom is -0.392 e. The second kappa shape index (κ2) is 8.46. The Bertz CT molecular complexity index is 114. The van der Waals surface area contributed by atoms with Crippen LogP contribution in [-0.4, -0.2) is 19.4 Å². The second-order valence-electron chi connectivity index (χ2n) is 1.52. The van der Waals surface area contributed by atoms with Gasteiger partial charge in [0.1, 0.15) is 6.61 Å². The maximum atomic E-state index is 5.21. The monoisotopic (exact) mass is 162 g/mol. The van der Waals surface area contributed by atoms with Gasteiger partial charge in [-0.15, -0.1) is 0 Å². The number of oxime groups is 1. The van der Waals surface area contributed by atoms with Gasteiger partial charge in [0.25, 0.3) is 0 Å². The van der Waals surface area contributed by atoms with Gasteiger partial charge in [-0.3, -0.25) is 0 Å². The molecule has 0 aliphatic carbocycles. The lowest BCUT2D eigenvalue weighted by atomic mass is 10.5. The molecule has 10 heavy (non-hydrogen) atoms. The fourth-order valence-corrected chi connectivity index (χ4v) is 0.375. The van der Waals surface area contributed by atoms with Crippen molar-refractivity contribution in [3.63, 3.8) is 0 Å². The average Bonchev–Trinajstić information content (AvgIpc) is 1.97. The van der Waals surface area contributed by atoms with E-state index in [4.69, 9.17) is 22.2 Å². The summed E-state index contributed by atoms with van der Waals surface area (Å²) in [4.78, 5) is 4.72. The Labute approximate surface area is 65.5 Å². The Morgan fingerprint density at radius 3 is 3.00 bits per heavy atom. The zero-order chi connectivity index (χ0) is 7.66. The highest BCUT2D eigenvalue weighted by Gasteiger charge is 1.74. The SMILES string of the molecule is NCCC=NOCC=CCl. The molecule has 0 bridgehead atoms. The highest BCUT2D eigenvalue weighted by Crippen LogP contribution is 1.81. The first-order valence-electron chi connectivity index (χ1n) is 3.01. The van der Waals surface area contributed by atoms with Crippen LogP contribution in [-0.2, 0) is 4.84 Å². The third-order valence-electron chi connectivity index (χ3n) is 0.705. The molecule has 4 heteroatoms. The average molecular weight is 163 g/mol. The molecule has 0 atom stereocenters. The number of halogens is 1. The van der Waals surface area contributed by atoms with Gasteiger partial charge in [0.05, 0.1) is 0 Å². The molecule has 0 aliphatic heterocycles. The predicted molar refractivity (Wildman–Crippen MR) is 43.1 cm³/mol. The molecular weight excluding hydrogens is 152 g/mol. The van der Waals surface area contributed by atoms with E-state index in [1.54, 1.807) is 12.3 Å². The first kappa shape index (κ1) is 9.46. The molecule has 0 aliphatic rings. The van der Waals surface area contributed by atoms with E-state index < -0.39 is 0 Å². The number of nitrogens with zero attached hydrogens (tertiary/aromatic N) is 1. The fraction of sp³-hybridized carbons (Fsp3) is 0.500. The Morgan fingerprint density at radius 1 is 1.60 bits per heavy atom. The lowest BCUT2D eigenvalue weighted by Gasteiger charge is -1.89. The van der Waals surface area contributed by atoms with Crippen molar-refractivity contribution < 1.29 is 4.84 Å². The first-order chi connectivity index (χ1) is 4.91. The van der Waals surface area contributed by atoms with Gasteiger partial charge in [0.2, 0.25) is 0 Å². The topological polar surface area (TPSA) is 47.6 Å². The van der Waals surface area contributed by atoms with Crippen molar-refractivity contribution in [3.8, 4) is 0 Å². The molecule has 0 aromatic carbocycles. The molecule has 0 aromatic rings. The summed E-state index contributed by atoms with van der Waals surface area (Å²) in [5.41, 5.74) is 6.57. The smallest absolute Gasteiger partial charge is 0.136 e. The van der Waals surface area contributed by atoms with Crippen LogP contribution in [0.2, 0.25) is 0 Å². The minimum atomic E-state index is 0.407. The molecule has 0 fully saturated rings. The van der Waals surface area contributed by atoms with E-state index in [1.807, 2.05) is 0 Å². The van der Waals surface area contributed by atoms with E-state index in [2.05, 4.69) is 5.16 Å². The van der Waals surface area contributed by atoms with Gasteiger partial charge in [0, 0.05) is 11.7 Å². The standard InChI is InChI=1S/C6H11ClN2O/c7-3-1-6-10-9-5-2-4-8/h1,3,5H,2,4,6,8H2. The van der Waals surface area contributed by atoms with E-state index in [-0.39, 0.29) is 0 Å². The van der Waals surface area contributed by atoms with Crippen molar-refractivity contribution in [1.82, 2.24) is 0 Å². The zero-order valence-electron chi connectivity index (χ0n) is 5.66. The molecule has 3 nitrogen and oxygen atoms in total. The van der Waals surface area contributed by atoms with E-state index in [9.17, 15) is 0 Å². The number of hydrogen-bond acceptors (Lipinski definition) is 3. The molecule has 0 saturated carbocycles. The van der Waals surface area contributed by atoms with Crippen molar-refractivity contribution in [2.75, 3.05) is 13.2 Å². The van der Waals surface area contributed by atoms with Gasteiger partial charge in [-0.05, 0) is 19.0 Å². The maximum Gasteiger partial charge on any atom is 0.136 e. The summed E-state index contributed by atoms with van der Waals surface area (Å²) in [5.74, 6) is 0. The van der Waals surface area contributed by atoms with Crippen LogP contribution in [0.3, 0.4) is 0 Å².